The van der Waals surface area contributed by atoms with E-state index in [1.54, 1.807) is 25.8 Å². The van der Waals surface area contributed by atoms with Crippen molar-refractivity contribution in [3.8, 4) is 5.95 Å². The highest BCUT2D eigenvalue weighted by Gasteiger charge is 2.19. The van der Waals surface area contributed by atoms with E-state index < -0.39 is 0 Å². The van der Waals surface area contributed by atoms with Gasteiger partial charge in [-0.25, -0.2) is 9.67 Å². The molecule has 0 aliphatic carbocycles. The van der Waals surface area contributed by atoms with E-state index in [1.807, 2.05) is 6.92 Å². The van der Waals surface area contributed by atoms with Crippen molar-refractivity contribution in [1.29, 1.82) is 0 Å². The minimum Gasteiger partial charge on any atom is -0.342 e. The second-order valence-corrected chi connectivity index (χ2v) is 4.99. The first-order chi connectivity index (χ1) is 9.93. The Bertz CT molecular complexity index is 716. The Kier molecular flexibility index (Phi) is 4.21. The molecule has 0 aliphatic heterocycles. The number of H-pyrrole nitrogens is 1. The van der Waals surface area contributed by atoms with Gasteiger partial charge in [-0.3, -0.25) is 14.6 Å². The number of aromatic amines is 1. The maximum absolute atomic E-state index is 12.3. The minimum atomic E-state index is -0.247. The molecular weight excluding hydrogens is 270 g/mol. The van der Waals surface area contributed by atoms with E-state index in [1.165, 1.54) is 16.9 Å². The summed E-state index contributed by atoms with van der Waals surface area (Å²) in [5, 5.41) is 4.17. The molecule has 0 radical (unpaired) electrons. The molecule has 0 aromatic carbocycles. The van der Waals surface area contributed by atoms with Crippen molar-refractivity contribution < 1.29 is 4.79 Å². The van der Waals surface area contributed by atoms with Gasteiger partial charge in [-0.15, -0.1) is 0 Å². The molecule has 2 aromatic heterocycles. The molecule has 0 saturated carbocycles. The van der Waals surface area contributed by atoms with E-state index >= 15 is 0 Å². The Morgan fingerprint density at radius 1 is 1.43 bits per heavy atom. The summed E-state index contributed by atoms with van der Waals surface area (Å²) >= 11 is 0. The molecule has 0 spiro atoms. The number of aromatic nitrogens is 4. The fourth-order valence-corrected chi connectivity index (χ4v) is 2.14. The number of hydrogen-bond donors (Lipinski definition) is 1. The number of nitrogens with zero attached hydrogens (tertiary/aromatic N) is 4. The van der Waals surface area contributed by atoms with Crippen LogP contribution >= 0.6 is 0 Å². The van der Waals surface area contributed by atoms with Crippen molar-refractivity contribution in [2.45, 2.75) is 27.2 Å². The molecule has 7 nitrogen and oxygen atoms in total. The van der Waals surface area contributed by atoms with Gasteiger partial charge in [0.1, 0.15) is 0 Å². The smallest absolute Gasteiger partial charge is 0.257 e. The maximum Gasteiger partial charge on any atom is 0.257 e. The van der Waals surface area contributed by atoms with Gasteiger partial charge in [-0.1, -0.05) is 6.92 Å². The monoisotopic (exact) mass is 289 g/mol. The lowest BCUT2D eigenvalue weighted by atomic mass is 10.2. The van der Waals surface area contributed by atoms with E-state index in [4.69, 9.17) is 0 Å². The molecule has 0 aliphatic rings. The molecule has 7 heteroatoms. The summed E-state index contributed by atoms with van der Waals surface area (Å²) in [5.41, 5.74) is 1.51. The Labute approximate surface area is 122 Å². The highest BCUT2D eigenvalue weighted by atomic mass is 16.2. The molecule has 2 aromatic rings. The molecule has 0 atom stereocenters. The van der Waals surface area contributed by atoms with Crippen LogP contribution in [-0.4, -0.2) is 44.1 Å². The molecule has 0 unspecified atom stereocenters. The van der Waals surface area contributed by atoms with Crippen molar-refractivity contribution in [2.75, 3.05) is 13.6 Å². The first kappa shape index (κ1) is 15.0. The molecule has 0 saturated heterocycles. The first-order valence-electron chi connectivity index (χ1n) is 6.82. The Balaban J connectivity index is 2.41. The summed E-state index contributed by atoms with van der Waals surface area (Å²) in [6.45, 7) is 6.21. The van der Waals surface area contributed by atoms with Crippen molar-refractivity contribution in [3.05, 3.63) is 39.6 Å². The van der Waals surface area contributed by atoms with Crippen LogP contribution in [0.2, 0.25) is 0 Å². The van der Waals surface area contributed by atoms with Gasteiger partial charge in [-0.2, -0.15) is 5.10 Å². The zero-order valence-electron chi connectivity index (χ0n) is 12.7. The average Bonchev–Trinajstić information content (AvgIpc) is 2.79. The lowest BCUT2D eigenvalue weighted by Gasteiger charge is -2.15. The van der Waals surface area contributed by atoms with Crippen LogP contribution < -0.4 is 5.56 Å². The summed E-state index contributed by atoms with van der Waals surface area (Å²) < 4.78 is 1.47. The van der Waals surface area contributed by atoms with E-state index in [9.17, 15) is 9.59 Å². The molecule has 2 heterocycles. The van der Waals surface area contributed by atoms with Crippen LogP contribution in [0.25, 0.3) is 5.95 Å². The number of carbonyl (C=O) groups excluding carboxylic acids is 1. The standard InChI is InChI=1S/C14H19N5O2/c1-5-6-18(4)13(21)11-8-15-19(10(11)3)14-16-9(2)7-12(20)17-14/h7-8H,5-6H2,1-4H3,(H,16,17,20). The number of hydrogen-bond acceptors (Lipinski definition) is 4. The summed E-state index contributed by atoms with van der Waals surface area (Å²) in [6.07, 6.45) is 2.40. The maximum atomic E-state index is 12.3. The fraction of sp³-hybridized carbons (Fsp3) is 0.429. The molecule has 0 fully saturated rings. The van der Waals surface area contributed by atoms with Gasteiger partial charge in [0.25, 0.3) is 11.5 Å². The van der Waals surface area contributed by atoms with Crippen molar-refractivity contribution >= 4 is 5.91 Å². The zero-order valence-corrected chi connectivity index (χ0v) is 12.7. The van der Waals surface area contributed by atoms with Gasteiger partial charge in [0.05, 0.1) is 17.5 Å². The average molecular weight is 289 g/mol. The summed E-state index contributed by atoms with van der Waals surface area (Å²) in [5.74, 6) is 0.227. The summed E-state index contributed by atoms with van der Waals surface area (Å²) in [6, 6.07) is 1.41. The third kappa shape index (κ3) is 3.01. The predicted octanol–water partition coefficient (Wildman–Crippen LogP) is 1.05. The van der Waals surface area contributed by atoms with Crippen molar-refractivity contribution in [3.63, 3.8) is 0 Å². The molecule has 1 amide bonds. The lowest BCUT2D eigenvalue weighted by Crippen LogP contribution is -2.27. The van der Waals surface area contributed by atoms with Crippen LogP contribution in [0.5, 0.6) is 0 Å². The van der Waals surface area contributed by atoms with Gasteiger partial charge < -0.3 is 4.90 Å². The Morgan fingerprint density at radius 2 is 2.14 bits per heavy atom. The van der Waals surface area contributed by atoms with E-state index in [2.05, 4.69) is 15.1 Å². The number of rotatable bonds is 4. The van der Waals surface area contributed by atoms with Crippen LogP contribution in [-0.2, 0) is 0 Å². The Hall–Kier alpha value is -2.44. The first-order valence-corrected chi connectivity index (χ1v) is 6.82. The van der Waals surface area contributed by atoms with E-state index in [0.29, 0.717) is 29.4 Å². The normalized spacial score (nSPS) is 10.7. The lowest BCUT2D eigenvalue weighted by molar-refractivity contribution is 0.0794. The number of amides is 1. The highest BCUT2D eigenvalue weighted by molar-refractivity contribution is 5.95. The van der Waals surface area contributed by atoms with E-state index in [-0.39, 0.29) is 11.5 Å². The van der Waals surface area contributed by atoms with E-state index in [0.717, 1.165) is 6.42 Å². The number of nitrogens with one attached hydrogen (secondary N) is 1. The van der Waals surface area contributed by atoms with Gasteiger partial charge >= 0.3 is 0 Å². The molecule has 21 heavy (non-hydrogen) atoms. The molecule has 1 N–H and O–H groups in total. The van der Waals surface area contributed by atoms with Crippen LogP contribution in [0.15, 0.2) is 17.1 Å². The third-order valence-electron chi connectivity index (χ3n) is 3.20. The predicted molar refractivity (Wildman–Crippen MR) is 78.7 cm³/mol. The minimum absolute atomic E-state index is 0.0874. The quantitative estimate of drug-likeness (QED) is 0.912. The molecule has 2 rings (SSSR count). The van der Waals surface area contributed by atoms with Crippen molar-refractivity contribution in [2.24, 2.45) is 0 Å². The van der Waals surface area contributed by atoms with Gasteiger partial charge in [0.2, 0.25) is 5.95 Å². The van der Waals surface area contributed by atoms with Crippen LogP contribution in [0.3, 0.4) is 0 Å². The second kappa shape index (κ2) is 5.90. The zero-order chi connectivity index (χ0) is 15.6. The second-order valence-electron chi connectivity index (χ2n) is 4.99. The van der Waals surface area contributed by atoms with Gasteiger partial charge in [0, 0.05) is 25.4 Å². The van der Waals surface area contributed by atoms with Crippen LogP contribution in [0.1, 0.15) is 35.1 Å². The van der Waals surface area contributed by atoms with Gasteiger partial charge in [-0.05, 0) is 20.3 Å². The van der Waals surface area contributed by atoms with Crippen molar-refractivity contribution in [1.82, 2.24) is 24.6 Å². The molecule has 0 bridgehead atoms. The highest BCUT2D eigenvalue weighted by Crippen LogP contribution is 2.12. The van der Waals surface area contributed by atoms with Crippen LogP contribution in [0.4, 0.5) is 0 Å². The van der Waals surface area contributed by atoms with Crippen LogP contribution in [0, 0.1) is 13.8 Å². The fourth-order valence-electron chi connectivity index (χ4n) is 2.14. The SMILES string of the molecule is CCCN(C)C(=O)c1cnn(-c2nc(C)cc(=O)[nH]2)c1C. The number of aryl methyl sites for hydroxylation is 1. The number of carbonyl (C=O) groups is 1. The topological polar surface area (TPSA) is 83.9 Å². The van der Waals surface area contributed by atoms with Gasteiger partial charge in [0.15, 0.2) is 0 Å². The largest absolute Gasteiger partial charge is 0.342 e. The molecular formula is C14H19N5O2. The Morgan fingerprint density at radius 3 is 2.76 bits per heavy atom. The summed E-state index contributed by atoms with van der Waals surface area (Å²) in [4.78, 5) is 32.3. The summed E-state index contributed by atoms with van der Waals surface area (Å²) in [7, 11) is 1.76. The third-order valence-corrected chi connectivity index (χ3v) is 3.20. The molecule has 112 valence electrons.